The largest absolute Gasteiger partial charge is 0.340 e. The van der Waals surface area contributed by atoms with Crippen LogP contribution in [-0.2, 0) is 20.1 Å². The lowest BCUT2D eigenvalue weighted by atomic mass is 10.2. The number of piperazine rings is 1. The summed E-state index contributed by atoms with van der Waals surface area (Å²) in [6.07, 6.45) is 0. The van der Waals surface area contributed by atoms with Gasteiger partial charge in [-0.25, -0.2) is 9.18 Å². The van der Waals surface area contributed by atoms with Gasteiger partial charge in [0.05, 0.1) is 6.54 Å². The minimum absolute atomic E-state index is 0.316. The molecule has 2 aromatic heterocycles. The minimum Gasteiger partial charge on any atom is -0.340 e. The van der Waals surface area contributed by atoms with Gasteiger partial charge in [-0.3, -0.25) is 23.8 Å². The molecule has 4 aromatic rings. The highest BCUT2D eigenvalue weighted by molar-refractivity contribution is 5.74. The maximum absolute atomic E-state index is 13.4. The second-order valence-electron chi connectivity index (χ2n) is 8.36. The number of benzene rings is 2. The van der Waals surface area contributed by atoms with E-state index in [1.807, 2.05) is 22.8 Å². The number of fused-ring (bicyclic) bond motifs is 1. The normalized spacial score (nSPS) is 14.8. The fraction of sp³-hybridized carbons (Fsp3) is 0.292. The number of hydrogen-bond donors (Lipinski definition) is 1. The molecule has 33 heavy (non-hydrogen) atoms. The third-order valence-electron chi connectivity index (χ3n) is 6.15. The summed E-state index contributed by atoms with van der Waals surface area (Å²) in [4.78, 5) is 36.5. The number of aromatic nitrogens is 4. The Bertz CT molecular complexity index is 1380. The fourth-order valence-corrected chi connectivity index (χ4v) is 4.33. The van der Waals surface area contributed by atoms with Crippen molar-refractivity contribution in [2.45, 2.75) is 13.1 Å². The summed E-state index contributed by atoms with van der Waals surface area (Å²) < 4.78 is 16.6. The SMILES string of the molecule is Cn1c(=O)[nH]c(=O)c2c1nc(N1CCN(Cc3ccccc3)CC1)n2Cc1ccc(F)cc1. The highest BCUT2D eigenvalue weighted by Crippen LogP contribution is 2.23. The van der Waals surface area contributed by atoms with E-state index in [4.69, 9.17) is 4.98 Å². The molecule has 1 fully saturated rings. The molecule has 3 heterocycles. The van der Waals surface area contributed by atoms with Crippen molar-refractivity contribution < 1.29 is 4.39 Å². The van der Waals surface area contributed by atoms with Crippen LogP contribution in [0.3, 0.4) is 0 Å². The average Bonchev–Trinajstić information content (AvgIpc) is 3.20. The topological polar surface area (TPSA) is 79.2 Å². The Morgan fingerprint density at radius 2 is 1.58 bits per heavy atom. The van der Waals surface area contributed by atoms with Crippen LogP contribution in [-0.4, -0.2) is 50.2 Å². The van der Waals surface area contributed by atoms with E-state index in [1.165, 1.54) is 22.3 Å². The van der Waals surface area contributed by atoms with Crippen LogP contribution in [0.4, 0.5) is 10.3 Å². The third-order valence-corrected chi connectivity index (χ3v) is 6.15. The number of nitrogens with zero attached hydrogens (tertiary/aromatic N) is 5. The molecular formula is C24H25FN6O2. The number of anilines is 1. The number of nitrogens with one attached hydrogen (secondary N) is 1. The lowest BCUT2D eigenvalue weighted by molar-refractivity contribution is 0.248. The molecule has 0 amide bonds. The van der Waals surface area contributed by atoms with Gasteiger partial charge in [-0.1, -0.05) is 42.5 Å². The van der Waals surface area contributed by atoms with E-state index in [-0.39, 0.29) is 5.82 Å². The summed E-state index contributed by atoms with van der Waals surface area (Å²) >= 11 is 0. The summed E-state index contributed by atoms with van der Waals surface area (Å²) in [7, 11) is 1.59. The lowest BCUT2D eigenvalue weighted by Gasteiger charge is -2.35. The first-order valence-electron chi connectivity index (χ1n) is 10.9. The van der Waals surface area contributed by atoms with Crippen molar-refractivity contribution in [1.82, 2.24) is 24.0 Å². The average molecular weight is 449 g/mol. The smallest absolute Gasteiger partial charge is 0.329 e. The van der Waals surface area contributed by atoms with Crippen molar-refractivity contribution in [1.29, 1.82) is 0 Å². The zero-order valence-corrected chi connectivity index (χ0v) is 18.4. The van der Waals surface area contributed by atoms with E-state index < -0.39 is 11.2 Å². The van der Waals surface area contributed by atoms with Crippen LogP contribution in [0.2, 0.25) is 0 Å². The molecule has 9 heteroatoms. The van der Waals surface area contributed by atoms with Crippen molar-refractivity contribution in [3.05, 3.63) is 92.4 Å². The molecule has 1 saturated heterocycles. The predicted octanol–water partition coefficient (Wildman–Crippen LogP) is 1.93. The lowest BCUT2D eigenvalue weighted by Crippen LogP contribution is -2.46. The maximum Gasteiger partial charge on any atom is 0.329 e. The van der Waals surface area contributed by atoms with Crippen molar-refractivity contribution >= 4 is 17.1 Å². The second kappa shape index (κ2) is 8.67. The van der Waals surface area contributed by atoms with E-state index in [0.29, 0.717) is 23.7 Å². The van der Waals surface area contributed by atoms with E-state index in [2.05, 4.69) is 26.9 Å². The molecule has 5 rings (SSSR count). The number of aromatic amines is 1. The van der Waals surface area contributed by atoms with Gasteiger partial charge >= 0.3 is 5.69 Å². The number of halogens is 1. The van der Waals surface area contributed by atoms with Gasteiger partial charge in [0, 0.05) is 39.8 Å². The van der Waals surface area contributed by atoms with Crippen LogP contribution in [0.15, 0.2) is 64.2 Å². The van der Waals surface area contributed by atoms with Crippen molar-refractivity contribution in [2.24, 2.45) is 7.05 Å². The van der Waals surface area contributed by atoms with Gasteiger partial charge in [-0.15, -0.1) is 0 Å². The number of aryl methyl sites for hydroxylation is 1. The van der Waals surface area contributed by atoms with E-state index in [0.717, 1.165) is 38.3 Å². The van der Waals surface area contributed by atoms with Gasteiger partial charge in [-0.2, -0.15) is 4.98 Å². The molecule has 0 saturated carbocycles. The van der Waals surface area contributed by atoms with Crippen LogP contribution >= 0.6 is 0 Å². The molecule has 0 unspecified atom stereocenters. The molecule has 2 aromatic carbocycles. The molecule has 1 aliphatic rings. The molecule has 0 bridgehead atoms. The summed E-state index contributed by atoms with van der Waals surface area (Å²) in [5.74, 6) is 0.324. The highest BCUT2D eigenvalue weighted by Gasteiger charge is 2.25. The Morgan fingerprint density at radius 3 is 2.27 bits per heavy atom. The van der Waals surface area contributed by atoms with Gasteiger partial charge in [-0.05, 0) is 23.3 Å². The maximum atomic E-state index is 13.4. The van der Waals surface area contributed by atoms with Crippen LogP contribution in [0, 0.1) is 5.82 Å². The van der Waals surface area contributed by atoms with Gasteiger partial charge in [0.1, 0.15) is 5.82 Å². The summed E-state index contributed by atoms with van der Waals surface area (Å²) in [6, 6.07) is 16.5. The summed E-state index contributed by atoms with van der Waals surface area (Å²) in [5, 5.41) is 0. The molecular weight excluding hydrogens is 423 g/mol. The minimum atomic E-state index is -0.502. The molecule has 170 valence electrons. The first kappa shape index (κ1) is 21.1. The molecule has 1 aliphatic heterocycles. The number of rotatable bonds is 5. The number of hydrogen-bond acceptors (Lipinski definition) is 5. The first-order valence-corrected chi connectivity index (χ1v) is 10.9. The van der Waals surface area contributed by atoms with E-state index in [1.54, 1.807) is 19.2 Å². The van der Waals surface area contributed by atoms with Crippen LogP contribution in [0.25, 0.3) is 11.2 Å². The van der Waals surface area contributed by atoms with Crippen LogP contribution < -0.4 is 16.1 Å². The van der Waals surface area contributed by atoms with E-state index >= 15 is 0 Å². The monoisotopic (exact) mass is 448 g/mol. The number of H-pyrrole nitrogens is 1. The second-order valence-corrected chi connectivity index (χ2v) is 8.36. The molecule has 0 atom stereocenters. The zero-order chi connectivity index (χ0) is 22.9. The molecule has 0 spiro atoms. The van der Waals surface area contributed by atoms with Crippen LogP contribution in [0.1, 0.15) is 11.1 Å². The Labute approximate surface area is 189 Å². The Hall–Kier alpha value is -3.72. The first-order chi connectivity index (χ1) is 16.0. The summed E-state index contributed by atoms with van der Waals surface area (Å²) in [5.41, 5.74) is 1.81. The van der Waals surface area contributed by atoms with Crippen molar-refractivity contribution in [3.63, 3.8) is 0 Å². The third kappa shape index (κ3) is 4.19. The Kier molecular flexibility index (Phi) is 5.55. The molecule has 0 radical (unpaired) electrons. The zero-order valence-electron chi connectivity index (χ0n) is 18.4. The molecule has 0 aliphatic carbocycles. The standard InChI is InChI=1S/C24H25FN6O2/c1-28-21-20(22(32)27-24(28)33)31(16-18-7-9-19(25)10-8-18)23(26-21)30-13-11-29(12-14-30)15-17-5-3-2-4-6-17/h2-10H,11-16H2,1H3,(H,27,32,33). The van der Waals surface area contributed by atoms with Crippen LogP contribution in [0.5, 0.6) is 0 Å². The van der Waals surface area contributed by atoms with Crippen molar-refractivity contribution in [3.8, 4) is 0 Å². The Balaban J connectivity index is 1.47. The van der Waals surface area contributed by atoms with Gasteiger partial charge in [0.25, 0.3) is 5.56 Å². The Morgan fingerprint density at radius 1 is 0.909 bits per heavy atom. The fourth-order valence-electron chi connectivity index (χ4n) is 4.33. The highest BCUT2D eigenvalue weighted by atomic mass is 19.1. The quantitative estimate of drug-likeness (QED) is 0.505. The number of imidazole rings is 1. The summed E-state index contributed by atoms with van der Waals surface area (Å²) in [6.45, 7) is 4.41. The molecule has 1 N–H and O–H groups in total. The van der Waals surface area contributed by atoms with E-state index in [9.17, 15) is 14.0 Å². The molecule has 8 nitrogen and oxygen atoms in total. The van der Waals surface area contributed by atoms with Gasteiger partial charge in [0.2, 0.25) is 5.95 Å². The van der Waals surface area contributed by atoms with Gasteiger partial charge < -0.3 is 4.90 Å². The van der Waals surface area contributed by atoms with Crippen molar-refractivity contribution in [2.75, 3.05) is 31.1 Å². The predicted molar refractivity (Wildman–Crippen MR) is 125 cm³/mol. The van der Waals surface area contributed by atoms with Gasteiger partial charge in [0.15, 0.2) is 11.2 Å².